The van der Waals surface area contributed by atoms with Crippen LogP contribution in [0.4, 0.5) is 0 Å². The quantitative estimate of drug-likeness (QED) is 0.484. The monoisotopic (exact) mass is 280 g/mol. The van der Waals surface area contributed by atoms with E-state index in [1.165, 1.54) is 13.2 Å². The highest BCUT2D eigenvalue weighted by Gasteiger charge is 2.49. The molecule has 3 atom stereocenters. The number of hydrogen-bond acceptors (Lipinski definition) is 4. The Hall–Kier alpha value is -1.81. The molecule has 0 aromatic heterocycles. The molecule has 1 saturated heterocycles. The number of methoxy groups -OCH3 is 1. The maximum atomic E-state index is 11.8. The smallest absolute Gasteiger partial charge is 0.321 e. The number of benzene rings is 1. The van der Waals surface area contributed by atoms with Gasteiger partial charge in [-0.3, -0.25) is 9.59 Å². The summed E-state index contributed by atoms with van der Waals surface area (Å²) in [7, 11) is 1.25. The molecule has 0 N–H and O–H groups in total. The zero-order valence-electron chi connectivity index (χ0n) is 10.3. The Morgan fingerprint density at radius 3 is 2.58 bits per heavy atom. The van der Waals surface area contributed by atoms with Crippen LogP contribution in [0.2, 0.25) is 5.02 Å². The molecule has 0 unspecified atom stereocenters. The summed E-state index contributed by atoms with van der Waals surface area (Å²) in [4.78, 5) is 23.6. The fourth-order valence-electron chi connectivity index (χ4n) is 2.25. The lowest BCUT2D eigenvalue weighted by Gasteiger charge is -2.17. The number of halogens is 1. The summed E-state index contributed by atoms with van der Waals surface area (Å²) in [6.07, 6.45) is 0.970. The molecule has 1 aromatic rings. The lowest BCUT2D eigenvalue weighted by Crippen LogP contribution is -2.27. The van der Waals surface area contributed by atoms with Gasteiger partial charge < -0.3 is 9.47 Å². The predicted molar refractivity (Wildman–Crippen MR) is 69.8 cm³/mol. The summed E-state index contributed by atoms with van der Waals surface area (Å²) < 4.78 is 9.83. The van der Waals surface area contributed by atoms with E-state index in [9.17, 15) is 9.59 Å². The molecule has 100 valence electrons. The van der Waals surface area contributed by atoms with Crippen molar-refractivity contribution in [1.29, 1.82) is 0 Å². The highest BCUT2D eigenvalue weighted by molar-refractivity contribution is 6.30. The maximum Gasteiger partial charge on any atom is 0.321 e. The summed E-state index contributed by atoms with van der Waals surface area (Å²) >= 11 is 5.83. The van der Waals surface area contributed by atoms with E-state index < -0.39 is 29.9 Å². The Morgan fingerprint density at radius 1 is 1.42 bits per heavy atom. The lowest BCUT2D eigenvalue weighted by atomic mass is 9.84. The van der Waals surface area contributed by atoms with Crippen LogP contribution in [0.1, 0.15) is 11.5 Å². The van der Waals surface area contributed by atoms with Gasteiger partial charge in [0.25, 0.3) is 0 Å². The van der Waals surface area contributed by atoms with E-state index in [2.05, 4.69) is 11.3 Å². The number of rotatable bonds is 3. The third kappa shape index (κ3) is 2.49. The first-order valence-corrected chi connectivity index (χ1v) is 6.12. The normalized spacial score (nSPS) is 25.8. The van der Waals surface area contributed by atoms with Gasteiger partial charge in [-0.05, 0) is 17.7 Å². The van der Waals surface area contributed by atoms with Crippen LogP contribution in [0, 0.1) is 5.92 Å². The summed E-state index contributed by atoms with van der Waals surface area (Å²) in [5.74, 6) is -2.59. The van der Waals surface area contributed by atoms with Crippen LogP contribution in [0.25, 0.3) is 0 Å². The first-order valence-electron chi connectivity index (χ1n) is 5.75. The number of carbonyl (C=O) groups excluding carboxylic acids is 2. The van der Waals surface area contributed by atoms with E-state index in [1.54, 1.807) is 24.3 Å². The zero-order valence-corrected chi connectivity index (χ0v) is 11.1. The Balaban J connectivity index is 2.41. The average Bonchev–Trinajstić information content (AvgIpc) is 2.75. The van der Waals surface area contributed by atoms with Crippen LogP contribution in [0.15, 0.2) is 36.9 Å². The number of carbonyl (C=O) groups is 2. The minimum absolute atomic E-state index is 0.435. The Labute approximate surface area is 116 Å². The van der Waals surface area contributed by atoms with Gasteiger partial charge in [-0.1, -0.05) is 36.4 Å². The van der Waals surface area contributed by atoms with Gasteiger partial charge in [0.05, 0.1) is 7.11 Å². The molecular weight excluding hydrogens is 268 g/mol. The van der Waals surface area contributed by atoms with Crippen LogP contribution in [0.3, 0.4) is 0 Å². The molecule has 1 aliphatic heterocycles. The van der Waals surface area contributed by atoms with E-state index in [1.807, 2.05) is 0 Å². The van der Waals surface area contributed by atoms with Crippen molar-refractivity contribution in [2.45, 2.75) is 12.0 Å². The lowest BCUT2D eigenvalue weighted by molar-refractivity contribution is -0.154. The first-order chi connectivity index (χ1) is 9.08. The van der Waals surface area contributed by atoms with E-state index >= 15 is 0 Å². The molecule has 0 spiro atoms. The van der Waals surface area contributed by atoms with Crippen LogP contribution in [-0.4, -0.2) is 25.2 Å². The molecule has 0 bridgehead atoms. The second kappa shape index (κ2) is 5.45. The highest BCUT2D eigenvalue weighted by Crippen LogP contribution is 2.38. The summed E-state index contributed by atoms with van der Waals surface area (Å²) in [5, 5.41) is 0.582. The van der Waals surface area contributed by atoms with Gasteiger partial charge in [-0.2, -0.15) is 0 Å². The van der Waals surface area contributed by atoms with Crippen molar-refractivity contribution < 1.29 is 19.1 Å². The second-order valence-corrected chi connectivity index (χ2v) is 4.65. The average molecular weight is 281 g/mol. The Kier molecular flexibility index (Phi) is 3.90. The second-order valence-electron chi connectivity index (χ2n) is 4.22. The highest BCUT2D eigenvalue weighted by atomic mass is 35.5. The maximum absolute atomic E-state index is 11.8. The largest absolute Gasteiger partial charge is 0.468 e. The van der Waals surface area contributed by atoms with E-state index in [0.717, 1.165) is 5.56 Å². The van der Waals surface area contributed by atoms with Gasteiger partial charge in [0, 0.05) is 10.9 Å². The molecule has 0 saturated carbocycles. The molecule has 4 nitrogen and oxygen atoms in total. The molecule has 1 aliphatic rings. The van der Waals surface area contributed by atoms with Crippen LogP contribution >= 0.6 is 11.6 Å². The molecule has 0 aliphatic carbocycles. The van der Waals surface area contributed by atoms with Crippen molar-refractivity contribution in [2.24, 2.45) is 5.92 Å². The SMILES string of the molecule is C=C[C@@H]1OC(=O)[C@H](C(=O)OC)[C@H]1c1ccc(Cl)cc1. The van der Waals surface area contributed by atoms with E-state index in [4.69, 9.17) is 16.3 Å². The van der Waals surface area contributed by atoms with E-state index in [-0.39, 0.29) is 0 Å². The van der Waals surface area contributed by atoms with Crippen molar-refractivity contribution in [3.05, 3.63) is 47.5 Å². The fourth-order valence-corrected chi connectivity index (χ4v) is 2.37. The first kappa shape index (κ1) is 13.6. The van der Waals surface area contributed by atoms with Gasteiger partial charge in [0.1, 0.15) is 6.10 Å². The number of ether oxygens (including phenoxy) is 2. The molecular formula is C14H13ClO4. The Bertz CT molecular complexity index is 509. The number of esters is 2. The molecule has 1 aromatic carbocycles. The third-order valence-electron chi connectivity index (χ3n) is 3.16. The van der Waals surface area contributed by atoms with Crippen LogP contribution in [0.5, 0.6) is 0 Å². The number of cyclic esters (lactones) is 1. The van der Waals surface area contributed by atoms with Gasteiger partial charge in [-0.15, -0.1) is 0 Å². The van der Waals surface area contributed by atoms with Crippen LogP contribution in [-0.2, 0) is 19.1 Å². The molecule has 5 heteroatoms. The van der Waals surface area contributed by atoms with Gasteiger partial charge in [0.15, 0.2) is 5.92 Å². The van der Waals surface area contributed by atoms with Gasteiger partial charge in [0.2, 0.25) is 0 Å². The molecule has 2 rings (SSSR count). The topological polar surface area (TPSA) is 52.6 Å². The molecule has 0 radical (unpaired) electrons. The summed E-state index contributed by atoms with van der Waals surface area (Å²) in [5.41, 5.74) is 0.788. The van der Waals surface area contributed by atoms with Crippen molar-refractivity contribution in [2.75, 3.05) is 7.11 Å². The minimum atomic E-state index is -0.964. The predicted octanol–water partition coefficient (Wildman–Crippen LogP) is 2.32. The van der Waals surface area contributed by atoms with Gasteiger partial charge >= 0.3 is 11.9 Å². The van der Waals surface area contributed by atoms with Crippen LogP contribution < -0.4 is 0 Å². The third-order valence-corrected chi connectivity index (χ3v) is 3.41. The van der Waals surface area contributed by atoms with Crippen molar-refractivity contribution in [1.82, 2.24) is 0 Å². The molecule has 1 fully saturated rings. The van der Waals surface area contributed by atoms with Crippen molar-refractivity contribution in [3.8, 4) is 0 Å². The van der Waals surface area contributed by atoms with Gasteiger partial charge in [-0.25, -0.2) is 0 Å². The summed E-state index contributed by atoms with van der Waals surface area (Å²) in [6.45, 7) is 3.63. The Morgan fingerprint density at radius 2 is 2.05 bits per heavy atom. The summed E-state index contributed by atoms with van der Waals surface area (Å²) in [6, 6.07) is 6.94. The zero-order chi connectivity index (χ0) is 14.0. The minimum Gasteiger partial charge on any atom is -0.468 e. The molecule has 0 amide bonds. The molecule has 1 heterocycles. The van der Waals surface area contributed by atoms with Crippen molar-refractivity contribution in [3.63, 3.8) is 0 Å². The number of hydrogen-bond donors (Lipinski definition) is 0. The molecule has 19 heavy (non-hydrogen) atoms. The van der Waals surface area contributed by atoms with Crippen molar-refractivity contribution >= 4 is 23.5 Å². The standard InChI is InChI=1S/C14H13ClO4/c1-3-10-11(8-4-6-9(15)7-5-8)12(13(16)18-2)14(17)19-10/h3-7,10-12H,1H2,2H3/t10-,11-,12-/m0/s1. The van der Waals surface area contributed by atoms with E-state index in [0.29, 0.717) is 5.02 Å². The fraction of sp³-hybridized carbons (Fsp3) is 0.286.